The second kappa shape index (κ2) is 6.56. The van der Waals surface area contributed by atoms with Crippen molar-refractivity contribution < 1.29 is 4.79 Å². The van der Waals surface area contributed by atoms with Crippen LogP contribution in [0.15, 0.2) is 30.3 Å². The Hall–Kier alpha value is -1.82. The van der Waals surface area contributed by atoms with E-state index in [-0.39, 0.29) is 11.3 Å². The van der Waals surface area contributed by atoms with Gasteiger partial charge in [0.2, 0.25) is 5.91 Å². The normalized spacial score (nSPS) is 18.2. The van der Waals surface area contributed by atoms with E-state index in [2.05, 4.69) is 18.3 Å². The summed E-state index contributed by atoms with van der Waals surface area (Å²) in [5.74, 6) is -0.730. The van der Waals surface area contributed by atoms with Gasteiger partial charge in [-0.05, 0) is 30.2 Å². The van der Waals surface area contributed by atoms with E-state index in [1.54, 1.807) is 0 Å². The van der Waals surface area contributed by atoms with Crippen LogP contribution in [-0.4, -0.2) is 12.5 Å². The third-order valence-corrected chi connectivity index (χ3v) is 4.26. The molecule has 3 nitrogen and oxygen atoms in total. The molecule has 0 heterocycles. The summed E-state index contributed by atoms with van der Waals surface area (Å²) in [5.41, 5.74) is 1.25. The van der Waals surface area contributed by atoms with E-state index >= 15 is 0 Å². The van der Waals surface area contributed by atoms with Gasteiger partial charge in [0.15, 0.2) is 0 Å². The van der Waals surface area contributed by atoms with Crippen molar-refractivity contribution in [3.8, 4) is 6.07 Å². The maximum absolute atomic E-state index is 12.1. The van der Waals surface area contributed by atoms with Crippen molar-refractivity contribution in [1.82, 2.24) is 5.32 Å². The van der Waals surface area contributed by atoms with Crippen LogP contribution in [0.4, 0.5) is 0 Å². The Morgan fingerprint density at radius 1 is 1.35 bits per heavy atom. The van der Waals surface area contributed by atoms with Crippen molar-refractivity contribution in [2.75, 3.05) is 6.54 Å². The maximum atomic E-state index is 12.1. The molecule has 0 radical (unpaired) electrons. The van der Waals surface area contributed by atoms with Crippen LogP contribution in [-0.2, 0) is 11.2 Å². The third-order valence-electron chi connectivity index (χ3n) is 4.26. The minimum atomic E-state index is -0.595. The summed E-state index contributed by atoms with van der Waals surface area (Å²) in [6.07, 6.45) is 5.32. The largest absolute Gasteiger partial charge is 0.354 e. The fraction of sp³-hybridized carbons (Fsp3) is 0.529. The van der Waals surface area contributed by atoms with Gasteiger partial charge in [-0.15, -0.1) is 0 Å². The molecule has 2 rings (SSSR count). The molecule has 0 bridgehead atoms. The van der Waals surface area contributed by atoms with E-state index in [0.29, 0.717) is 13.0 Å². The molecule has 106 valence electrons. The van der Waals surface area contributed by atoms with Gasteiger partial charge in [-0.1, -0.05) is 50.1 Å². The lowest BCUT2D eigenvalue weighted by Gasteiger charge is -2.24. The average molecular weight is 270 g/mol. The molecule has 1 aromatic rings. The summed E-state index contributed by atoms with van der Waals surface area (Å²) in [5, 5.41) is 12.2. The van der Waals surface area contributed by atoms with Gasteiger partial charge in [-0.25, -0.2) is 0 Å². The predicted octanol–water partition coefficient (Wildman–Crippen LogP) is 3.07. The summed E-state index contributed by atoms with van der Waals surface area (Å²) < 4.78 is 0. The first-order chi connectivity index (χ1) is 9.63. The fourth-order valence-corrected chi connectivity index (χ4v) is 2.88. The zero-order chi connectivity index (χ0) is 14.4. The average Bonchev–Trinajstić information content (AvgIpc) is 2.91. The Bertz CT molecular complexity index is 483. The molecule has 1 N–H and O–H groups in total. The van der Waals surface area contributed by atoms with E-state index in [9.17, 15) is 10.1 Å². The van der Waals surface area contributed by atoms with Gasteiger partial charge >= 0.3 is 0 Å². The lowest BCUT2D eigenvalue weighted by Crippen LogP contribution is -2.38. The zero-order valence-corrected chi connectivity index (χ0v) is 12.1. The standard InChI is InChI=1S/C17H22N2O/c1-17(9-5-6-10-17)13-19-16(20)15(12-18)11-14-7-3-2-4-8-14/h2-4,7-8,15H,5-6,9-11,13H2,1H3,(H,19,20). The van der Waals surface area contributed by atoms with Crippen LogP contribution in [0, 0.1) is 22.7 Å². The molecule has 0 aliphatic heterocycles. The van der Waals surface area contributed by atoms with Crippen molar-refractivity contribution in [1.29, 1.82) is 5.26 Å². The lowest BCUT2D eigenvalue weighted by atomic mass is 9.88. The number of nitrogens with zero attached hydrogens (tertiary/aromatic N) is 1. The predicted molar refractivity (Wildman–Crippen MR) is 78.8 cm³/mol. The van der Waals surface area contributed by atoms with Crippen LogP contribution < -0.4 is 5.32 Å². The smallest absolute Gasteiger partial charge is 0.237 e. The molecule has 1 saturated carbocycles. The van der Waals surface area contributed by atoms with E-state index in [1.165, 1.54) is 25.7 Å². The van der Waals surface area contributed by atoms with Gasteiger partial charge < -0.3 is 5.32 Å². The maximum Gasteiger partial charge on any atom is 0.237 e. The summed E-state index contributed by atoms with van der Waals surface area (Å²) in [7, 11) is 0. The number of amides is 1. The van der Waals surface area contributed by atoms with Crippen molar-refractivity contribution in [2.45, 2.75) is 39.0 Å². The van der Waals surface area contributed by atoms with Gasteiger partial charge in [0.1, 0.15) is 5.92 Å². The third kappa shape index (κ3) is 3.84. The molecule has 0 spiro atoms. The highest BCUT2D eigenvalue weighted by Crippen LogP contribution is 2.36. The van der Waals surface area contributed by atoms with Crippen LogP contribution in [0.1, 0.15) is 38.2 Å². The Morgan fingerprint density at radius 2 is 2.00 bits per heavy atom. The van der Waals surface area contributed by atoms with Gasteiger partial charge in [-0.2, -0.15) is 5.26 Å². The molecule has 1 fully saturated rings. The zero-order valence-electron chi connectivity index (χ0n) is 12.1. The number of benzene rings is 1. The first kappa shape index (κ1) is 14.6. The number of nitriles is 1. The molecular weight excluding hydrogens is 248 g/mol. The van der Waals surface area contributed by atoms with Crippen molar-refractivity contribution in [2.24, 2.45) is 11.3 Å². The van der Waals surface area contributed by atoms with Gasteiger partial charge in [0.25, 0.3) is 0 Å². The highest BCUT2D eigenvalue weighted by molar-refractivity contribution is 5.81. The molecule has 3 heteroatoms. The topological polar surface area (TPSA) is 52.9 Å². The molecule has 1 aromatic carbocycles. The molecule has 20 heavy (non-hydrogen) atoms. The summed E-state index contributed by atoms with van der Waals surface area (Å²) in [6, 6.07) is 11.8. The minimum absolute atomic E-state index is 0.135. The van der Waals surface area contributed by atoms with Gasteiger partial charge in [-0.3, -0.25) is 4.79 Å². The quantitative estimate of drug-likeness (QED) is 0.894. The highest BCUT2D eigenvalue weighted by atomic mass is 16.1. The van der Waals surface area contributed by atoms with Crippen LogP contribution in [0.3, 0.4) is 0 Å². The summed E-state index contributed by atoms with van der Waals surface area (Å²) in [4.78, 5) is 12.1. The second-order valence-electron chi connectivity index (χ2n) is 6.11. The van der Waals surface area contributed by atoms with E-state index in [0.717, 1.165) is 5.56 Å². The Balaban J connectivity index is 1.88. The number of carbonyl (C=O) groups excluding carboxylic acids is 1. The van der Waals surface area contributed by atoms with Crippen LogP contribution in [0.25, 0.3) is 0 Å². The lowest BCUT2D eigenvalue weighted by molar-refractivity contribution is -0.123. The molecule has 1 atom stereocenters. The van der Waals surface area contributed by atoms with E-state index in [1.807, 2.05) is 30.3 Å². The van der Waals surface area contributed by atoms with E-state index in [4.69, 9.17) is 0 Å². The molecule has 0 aromatic heterocycles. The molecular formula is C17H22N2O. The number of hydrogen-bond acceptors (Lipinski definition) is 2. The van der Waals surface area contributed by atoms with Crippen LogP contribution >= 0.6 is 0 Å². The molecule has 1 aliphatic rings. The SMILES string of the molecule is CC1(CNC(=O)C(C#N)Cc2ccccc2)CCCC1. The first-order valence-electron chi connectivity index (χ1n) is 7.34. The molecule has 0 saturated heterocycles. The molecule has 1 aliphatic carbocycles. The number of nitrogens with one attached hydrogen (secondary N) is 1. The highest BCUT2D eigenvalue weighted by Gasteiger charge is 2.30. The first-order valence-corrected chi connectivity index (χ1v) is 7.34. The van der Waals surface area contributed by atoms with Crippen molar-refractivity contribution in [3.05, 3.63) is 35.9 Å². The monoisotopic (exact) mass is 270 g/mol. The van der Waals surface area contributed by atoms with Crippen molar-refractivity contribution in [3.63, 3.8) is 0 Å². The minimum Gasteiger partial charge on any atom is -0.354 e. The fourth-order valence-electron chi connectivity index (χ4n) is 2.88. The van der Waals surface area contributed by atoms with Crippen LogP contribution in [0.2, 0.25) is 0 Å². The number of carbonyl (C=O) groups is 1. The number of rotatable bonds is 5. The van der Waals surface area contributed by atoms with E-state index < -0.39 is 5.92 Å². The molecule has 1 amide bonds. The Labute approximate surface area is 121 Å². The Morgan fingerprint density at radius 3 is 2.60 bits per heavy atom. The molecule has 1 unspecified atom stereocenters. The van der Waals surface area contributed by atoms with Crippen LogP contribution in [0.5, 0.6) is 0 Å². The van der Waals surface area contributed by atoms with Crippen molar-refractivity contribution >= 4 is 5.91 Å². The number of hydrogen-bond donors (Lipinski definition) is 1. The summed E-state index contributed by atoms with van der Waals surface area (Å²) in [6.45, 7) is 2.91. The van der Waals surface area contributed by atoms with Gasteiger partial charge in [0.05, 0.1) is 6.07 Å². The second-order valence-corrected chi connectivity index (χ2v) is 6.11. The summed E-state index contributed by atoms with van der Waals surface area (Å²) >= 11 is 0. The van der Waals surface area contributed by atoms with Gasteiger partial charge in [0, 0.05) is 6.54 Å². The Kier molecular flexibility index (Phi) is 4.79.